The van der Waals surface area contributed by atoms with Crippen LogP contribution in [0.2, 0.25) is 0 Å². The molecule has 0 radical (unpaired) electrons. The second kappa shape index (κ2) is 8.36. The zero-order chi connectivity index (χ0) is 20.3. The van der Waals surface area contributed by atoms with Gasteiger partial charge in [-0.25, -0.2) is 4.79 Å². The van der Waals surface area contributed by atoms with E-state index in [9.17, 15) is 14.4 Å². The summed E-state index contributed by atoms with van der Waals surface area (Å²) in [6.45, 7) is 5.79. The lowest BCUT2D eigenvalue weighted by molar-refractivity contribution is -0.130. The maximum absolute atomic E-state index is 12.9. The topological polar surface area (TPSA) is 75.7 Å². The number of hydrogen-bond donors (Lipinski definition) is 1. The fourth-order valence-corrected chi connectivity index (χ4v) is 5.25. The molecule has 0 spiro atoms. The van der Waals surface area contributed by atoms with E-state index in [0.29, 0.717) is 22.7 Å². The molecule has 0 aliphatic carbocycles. The van der Waals surface area contributed by atoms with E-state index in [1.165, 1.54) is 16.2 Å². The maximum atomic E-state index is 12.9. The second-order valence-corrected chi connectivity index (χ2v) is 9.39. The molecule has 1 fully saturated rings. The molecule has 1 aromatic heterocycles. The van der Waals surface area contributed by atoms with Gasteiger partial charge in [0.2, 0.25) is 12.3 Å². The van der Waals surface area contributed by atoms with Gasteiger partial charge in [0.25, 0.3) is 0 Å². The average Bonchev–Trinajstić information content (AvgIpc) is 3.22. The molecule has 0 saturated carbocycles. The van der Waals surface area contributed by atoms with Crippen molar-refractivity contribution in [3.05, 3.63) is 42.0 Å². The highest BCUT2D eigenvalue weighted by Crippen LogP contribution is 2.39. The van der Waals surface area contributed by atoms with Crippen molar-refractivity contribution in [1.29, 1.82) is 0 Å². The number of carbonyl (C=O) groups is 3. The van der Waals surface area contributed by atoms with Crippen molar-refractivity contribution in [2.24, 2.45) is 0 Å². The van der Waals surface area contributed by atoms with Gasteiger partial charge in [0, 0.05) is 10.6 Å². The Balaban J connectivity index is 1.90. The van der Waals surface area contributed by atoms with E-state index < -0.39 is 16.9 Å². The summed E-state index contributed by atoms with van der Waals surface area (Å²) < 4.78 is 5.15. The Morgan fingerprint density at radius 2 is 2.04 bits per heavy atom. The van der Waals surface area contributed by atoms with Crippen molar-refractivity contribution in [1.82, 2.24) is 4.90 Å². The van der Waals surface area contributed by atoms with Gasteiger partial charge in [-0.3, -0.25) is 9.59 Å². The first-order valence-electron chi connectivity index (χ1n) is 8.92. The van der Waals surface area contributed by atoms with Crippen LogP contribution in [-0.2, 0) is 14.3 Å². The lowest BCUT2D eigenvalue weighted by Gasteiger charge is -2.30. The molecule has 1 aromatic carbocycles. The van der Waals surface area contributed by atoms with Gasteiger partial charge in [0.15, 0.2) is 0 Å². The molecule has 1 unspecified atom stereocenters. The molecule has 1 aliphatic rings. The normalized spacial score (nSPS) is 18.0. The summed E-state index contributed by atoms with van der Waals surface area (Å²) in [6, 6.07) is 10.8. The number of esters is 1. The van der Waals surface area contributed by atoms with Crippen LogP contribution >= 0.6 is 23.1 Å². The summed E-state index contributed by atoms with van der Waals surface area (Å²) in [5.74, 6) is -0.287. The molecule has 1 atom stereocenters. The number of rotatable bonds is 6. The van der Waals surface area contributed by atoms with Crippen molar-refractivity contribution < 1.29 is 19.1 Å². The predicted molar refractivity (Wildman–Crippen MR) is 113 cm³/mol. The minimum atomic E-state index is -0.588. The molecular weight excluding hydrogens is 396 g/mol. The predicted octanol–water partition coefficient (Wildman–Crippen LogP) is 3.84. The molecule has 1 saturated heterocycles. The average molecular weight is 419 g/mol. The van der Waals surface area contributed by atoms with E-state index in [-0.39, 0.29) is 12.5 Å². The summed E-state index contributed by atoms with van der Waals surface area (Å²) in [7, 11) is 0. The summed E-state index contributed by atoms with van der Waals surface area (Å²) in [5, 5.41) is 3.28. The largest absolute Gasteiger partial charge is 0.462 e. The molecule has 28 heavy (non-hydrogen) atoms. The Bertz CT molecular complexity index is 880. The van der Waals surface area contributed by atoms with Crippen molar-refractivity contribution >= 4 is 46.4 Å². The number of nitrogens with one attached hydrogen (secondary N) is 1. The smallest absolute Gasteiger partial charge is 0.341 e. The highest BCUT2D eigenvalue weighted by atomic mass is 32.2. The Kier molecular flexibility index (Phi) is 6.10. The van der Waals surface area contributed by atoms with E-state index in [0.717, 1.165) is 10.4 Å². The molecule has 3 rings (SSSR count). The van der Waals surface area contributed by atoms with Crippen LogP contribution in [0, 0.1) is 0 Å². The van der Waals surface area contributed by atoms with Crippen LogP contribution in [0.25, 0.3) is 10.4 Å². The van der Waals surface area contributed by atoms with Gasteiger partial charge < -0.3 is 15.0 Å². The van der Waals surface area contributed by atoms with E-state index in [4.69, 9.17) is 4.74 Å². The number of thiophene rings is 1. The lowest BCUT2D eigenvalue weighted by Crippen LogP contribution is -2.47. The van der Waals surface area contributed by atoms with E-state index >= 15 is 0 Å². The third-order valence-electron chi connectivity index (χ3n) is 4.49. The van der Waals surface area contributed by atoms with Gasteiger partial charge in [-0.1, -0.05) is 30.3 Å². The summed E-state index contributed by atoms with van der Waals surface area (Å²) in [5.41, 5.74) is 1.27. The first kappa shape index (κ1) is 20.4. The molecule has 8 heteroatoms. The zero-order valence-electron chi connectivity index (χ0n) is 15.9. The first-order valence-corrected chi connectivity index (χ1v) is 10.7. The van der Waals surface area contributed by atoms with Crippen LogP contribution in [0.1, 0.15) is 31.1 Å². The van der Waals surface area contributed by atoms with Crippen molar-refractivity contribution in [2.75, 3.05) is 17.7 Å². The van der Waals surface area contributed by atoms with Crippen LogP contribution in [0.3, 0.4) is 0 Å². The quantitative estimate of drug-likeness (QED) is 0.570. The number of ether oxygens (including phenoxy) is 1. The monoisotopic (exact) mass is 418 g/mol. The zero-order valence-corrected chi connectivity index (χ0v) is 17.6. The number of carbonyl (C=O) groups excluding carboxylic acids is 3. The maximum Gasteiger partial charge on any atom is 0.341 e. The van der Waals surface area contributed by atoms with Crippen molar-refractivity contribution in [2.45, 2.75) is 31.7 Å². The van der Waals surface area contributed by atoms with Gasteiger partial charge in [-0.05, 0) is 32.4 Å². The molecule has 1 N–H and O–H groups in total. The Morgan fingerprint density at radius 3 is 2.68 bits per heavy atom. The van der Waals surface area contributed by atoms with Crippen LogP contribution in [0.15, 0.2) is 36.4 Å². The molecule has 6 nitrogen and oxygen atoms in total. The number of anilines is 1. The van der Waals surface area contributed by atoms with Gasteiger partial charge in [0.1, 0.15) is 11.0 Å². The van der Waals surface area contributed by atoms with Gasteiger partial charge in [-0.15, -0.1) is 23.1 Å². The number of nitrogens with zero attached hydrogens (tertiary/aromatic N) is 1. The SMILES string of the molecule is CCOC(=O)c1cc(-c2ccccc2)sc1NC(=O)C1CSC(C)(C)N1C=O. The van der Waals surface area contributed by atoms with Crippen LogP contribution in [0.4, 0.5) is 5.00 Å². The fourth-order valence-electron chi connectivity index (χ4n) is 3.00. The van der Waals surface area contributed by atoms with E-state index in [1.807, 2.05) is 44.2 Å². The minimum Gasteiger partial charge on any atom is -0.462 e. The molecule has 2 aromatic rings. The minimum absolute atomic E-state index is 0.245. The number of benzene rings is 1. The van der Waals surface area contributed by atoms with Crippen LogP contribution in [-0.4, -0.2) is 46.5 Å². The first-order chi connectivity index (χ1) is 13.4. The van der Waals surface area contributed by atoms with Crippen LogP contribution < -0.4 is 5.32 Å². The van der Waals surface area contributed by atoms with Crippen molar-refractivity contribution in [3.63, 3.8) is 0 Å². The molecule has 2 heterocycles. The fraction of sp³-hybridized carbons (Fsp3) is 0.350. The Hall–Kier alpha value is -2.32. The van der Waals surface area contributed by atoms with Gasteiger partial charge >= 0.3 is 5.97 Å². The van der Waals surface area contributed by atoms with Crippen molar-refractivity contribution in [3.8, 4) is 10.4 Å². The summed E-state index contributed by atoms with van der Waals surface area (Å²) in [6.07, 6.45) is 0.709. The standard InChI is InChI=1S/C20H22N2O4S2/c1-4-26-19(25)14-10-16(13-8-6-5-7-9-13)28-18(14)21-17(24)15-11-27-20(2,3)22(15)12-23/h5-10,12,15H,4,11H2,1-3H3,(H,21,24). The van der Waals surface area contributed by atoms with Gasteiger partial charge in [-0.2, -0.15) is 0 Å². The summed E-state index contributed by atoms with van der Waals surface area (Å²) in [4.78, 5) is 38.7. The molecule has 1 aliphatic heterocycles. The Labute approximate surface area is 172 Å². The number of hydrogen-bond acceptors (Lipinski definition) is 6. The number of amides is 2. The third-order valence-corrected chi connectivity index (χ3v) is 6.99. The summed E-state index contributed by atoms with van der Waals surface area (Å²) >= 11 is 2.86. The molecule has 148 valence electrons. The lowest BCUT2D eigenvalue weighted by atomic mass is 10.1. The second-order valence-electron chi connectivity index (χ2n) is 6.72. The molecule has 2 amide bonds. The highest BCUT2D eigenvalue weighted by molar-refractivity contribution is 8.00. The number of thioether (sulfide) groups is 1. The van der Waals surface area contributed by atoms with Crippen LogP contribution in [0.5, 0.6) is 0 Å². The third kappa shape index (κ3) is 4.07. The van der Waals surface area contributed by atoms with Gasteiger partial charge in [0.05, 0.1) is 17.0 Å². The Morgan fingerprint density at radius 1 is 1.32 bits per heavy atom. The molecule has 0 bridgehead atoms. The van der Waals surface area contributed by atoms with E-state index in [2.05, 4.69) is 5.32 Å². The van der Waals surface area contributed by atoms with E-state index in [1.54, 1.807) is 24.8 Å². The molecular formula is C20H22N2O4S2. The highest BCUT2D eigenvalue weighted by Gasteiger charge is 2.43.